The van der Waals surface area contributed by atoms with Gasteiger partial charge in [-0.1, -0.05) is 42.7 Å². The van der Waals surface area contributed by atoms with Crippen LogP contribution in [0.2, 0.25) is 0 Å². The SMILES string of the molecule is Cc1ccc(-c2nc(C(=O)NC3CCN(CC4CCCC4)CC3)cs2)cc1. The van der Waals surface area contributed by atoms with Gasteiger partial charge in [-0.3, -0.25) is 4.79 Å². The van der Waals surface area contributed by atoms with Gasteiger partial charge >= 0.3 is 0 Å². The zero-order chi connectivity index (χ0) is 18.6. The fraction of sp³-hybridized carbons (Fsp3) is 0.545. The lowest BCUT2D eigenvalue weighted by molar-refractivity contribution is 0.0901. The molecule has 2 fully saturated rings. The molecule has 0 radical (unpaired) electrons. The second-order valence-corrected chi connectivity index (χ2v) is 8.96. The van der Waals surface area contributed by atoms with Gasteiger partial charge in [-0.05, 0) is 38.5 Å². The van der Waals surface area contributed by atoms with Gasteiger partial charge in [0, 0.05) is 36.6 Å². The van der Waals surface area contributed by atoms with Crippen molar-refractivity contribution >= 4 is 17.2 Å². The van der Waals surface area contributed by atoms with Gasteiger partial charge in [0.05, 0.1) is 0 Å². The number of hydrogen-bond acceptors (Lipinski definition) is 4. The molecule has 2 aliphatic rings. The van der Waals surface area contributed by atoms with Crippen LogP contribution in [0.1, 0.15) is 54.6 Å². The molecule has 0 bridgehead atoms. The molecule has 0 unspecified atom stereocenters. The number of hydrogen-bond donors (Lipinski definition) is 1. The minimum Gasteiger partial charge on any atom is -0.348 e. The number of aromatic nitrogens is 1. The van der Waals surface area contributed by atoms with Crippen LogP contribution in [0.15, 0.2) is 29.6 Å². The van der Waals surface area contributed by atoms with Gasteiger partial charge in [0.2, 0.25) is 0 Å². The first-order valence-electron chi connectivity index (χ1n) is 10.2. The van der Waals surface area contributed by atoms with E-state index in [9.17, 15) is 4.79 Å². The predicted molar refractivity (Wildman–Crippen MR) is 111 cm³/mol. The van der Waals surface area contributed by atoms with Crippen LogP contribution >= 0.6 is 11.3 Å². The summed E-state index contributed by atoms with van der Waals surface area (Å²) >= 11 is 1.54. The molecule has 5 heteroatoms. The highest BCUT2D eigenvalue weighted by atomic mass is 32.1. The average molecular weight is 384 g/mol. The maximum atomic E-state index is 12.6. The first-order chi connectivity index (χ1) is 13.2. The number of carbonyl (C=O) groups is 1. The number of amides is 1. The summed E-state index contributed by atoms with van der Waals surface area (Å²) in [4.78, 5) is 19.7. The third-order valence-electron chi connectivity index (χ3n) is 5.95. The zero-order valence-corrected chi connectivity index (χ0v) is 16.9. The molecule has 144 valence electrons. The maximum Gasteiger partial charge on any atom is 0.270 e. The van der Waals surface area contributed by atoms with E-state index in [2.05, 4.69) is 46.4 Å². The summed E-state index contributed by atoms with van der Waals surface area (Å²) in [5.74, 6) is 0.880. The highest BCUT2D eigenvalue weighted by Crippen LogP contribution is 2.27. The molecule has 1 saturated heterocycles. The van der Waals surface area contributed by atoms with Crippen molar-refractivity contribution in [3.8, 4) is 10.6 Å². The molecule has 0 atom stereocenters. The summed E-state index contributed by atoms with van der Waals surface area (Å²) in [5, 5.41) is 5.99. The van der Waals surface area contributed by atoms with Crippen molar-refractivity contribution in [1.82, 2.24) is 15.2 Å². The standard InChI is InChI=1S/C22H29N3OS/c1-16-6-8-18(9-7-16)22-24-20(15-27-22)21(26)23-19-10-12-25(13-11-19)14-17-4-2-3-5-17/h6-9,15,17,19H,2-5,10-14H2,1H3,(H,23,26). The number of benzene rings is 1. The second-order valence-electron chi connectivity index (χ2n) is 8.10. The van der Waals surface area contributed by atoms with E-state index in [1.807, 2.05) is 5.38 Å². The van der Waals surface area contributed by atoms with Crippen LogP contribution in [0.3, 0.4) is 0 Å². The van der Waals surface area contributed by atoms with E-state index >= 15 is 0 Å². The van der Waals surface area contributed by atoms with Crippen LogP contribution in [0.25, 0.3) is 10.6 Å². The Bertz CT molecular complexity index is 756. The number of aryl methyl sites for hydroxylation is 1. The lowest BCUT2D eigenvalue weighted by Crippen LogP contribution is -2.45. The summed E-state index contributed by atoms with van der Waals surface area (Å²) in [7, 11) is 0. The first kappa shape index (κ1) is 18.6. The lowest BCUT2D eigenvalue weighted by Gasteiger charge is -2.33. The van der Waals surface area contributed by atoms with Crippen molar-refractivity contribution in [3.63, 3.8) is 0 Å². The van der Waals surface area contributed by atoms with E-state index in [0.717, 1.165) is 42.4 Å². The monoisotopic (exact) mass is 383 g/mol. The summed E-state index contributed by atoms with van der Waals surface area (Å²) < 4.78 is 0. The van der Waals surface area contributed by atoms with Gasteiger partial charge in [0.1, 0.15) is 10.7 Å². The Morgan fingerprint density at radius 1 is 1.15 bits per heavy atom. The average Bonchev–Trinajstić information content (AvgIpc) is 3.36. The van der Waals surface area contributed by atoms with Gasteiger partial charge in [0.15, 0.2) is 0 Å². The highest BCUT2D eigenvalue weighted by Gasteiger charge is 2.25. The summed E-state index contributed by atoms with van der Waals surface area (Å²) in [6.07, 6.45) is 7.74. The Hall–Kier alpha value is -1.72. The van der Waals surface area contributed by atoms with E-state index in [1.165, 1.54) is 49.1 Å². The third-order valence-corrected chi connectivity index (χ3v) is 6.84. The van der Waals surface area contributed by atoms with Gasteiger partial charge in [-0.15, -0.1) is 11.3 Å². The maximum absolute atomic E-state index is 12.6. The number of thiazole rings is 1. The number of nitrogens with zero attached hydrogens (tertiary/aromatic N) is 2. The minimum atomic E-state index is -0.0288. The molecule has 1 N–H and O–H groups in total. The molecule has 1 amide bonds. The van der Waals surface area contributed by atoms with Crippen LogP contribution in [0, 0.1) is 12.8 Å². The summed E-state index contributed by atoms with van der Waals surface area (Å²) in [6.45, 7) is 5.54. The smallest absolute Gasteiger partial charge is 0.270 e. The van der Waals surface area contributed by atoms with Crippen LogP contribution in [0.5, 0.6) is 0 Å². The Kier molecular flexibility index (Phi) is 5.89. The second kappa shape index (κ2) is 8.53. The van der Waals surface area contributed by atoms with E-state index in [0.29, 0.717) is 5.69 Å². The molecular formula is C22H29N3OS. The van der Waals surface area contributed by atoms with E-state index < -0.39 is 0 Å². The van der Waals surface area contributed by atoms with Gasteiger partial charge in [-0.25, -0.2) is 4.98 Å². The van der Waals surface area contributed by atoms with E-state index in [4.69, 9.17) is 0 Å². The zero-order valence-electron chi connectivity index (χ0n) is 16.1. The Labute approximate surface area is 166 Å². The number of nitrogens with one attached hydrogen (secondary N) is 1. The first-order valence-corrected chi connectivity index (χ1v) is 11.1. The Balaban J connectivity index is 1.28. The Morgan fingerprint density at radius 3 is 2.56 bits per heavy atom. The van der Waals surface area contributed by atoms with E-state index in [-0.39, 0.29) is 11.9 Å². The molecule has 1 aromatic carbocycles. The number of piperidine rings is 1. The molecule has 1 saturated carbocycles. The van der Waals surface area contributed by atoms with Crippen LogP contribution in [-0.4, -0.2) is 41.5 Å². The topological polar surface area (TPSA) is 45.2 Å². The van der Waals surface area contributed by atoms with Gasteiger partial charge in [0.25, 0.3) is 5.91 Å². The van der Waals surface area contributed by atoms with Gasteiger partial charge in [-0.2, -0.15) is 0 Å². The number of carbonyl (C=O) groups excluding carboxylic acids is 1. The quantitative estimate of drug-likeness (QED) is 0.827. The molecule has 1 aliphatic heterocycles. The van der Waals surface area contributed by atoms with Crippen LogP contribution < -0.4 is 5.32 Å². The van der Waals surface area contributed by atoms with E-state index in [1.54, 1.807) is 0 Å². The predicted octanol–water partition coefficient (Wildman–Crippen LogP) is 4.50. The molecule has 27 heavy (non-hydrogen) atoms. The minimum absolute atomic E-state index is 0.0288. The van der Waals surface area contributed by atoms with Crippen LogP contribution in [0.4, 0.5) is 0 Å². The fourth-order valence-electron chi connectivity index (χ4n) is 4.28. The van der Waals surface area contributed by atoms with Crippen molar-refractivity contribution < 1.29 is 4.79 Å². The van der Waals surface area contributed by atoms with Crippen molar-refractivity contribution in [1.29, 1.82) is 0 Å². The van der Waals surface area contributed by atoms with Crippen molar-refractivity contribution in [3.05, 3.63) is 40.9 Å². The molecule has 2 heterocycles. The molecule has 0 spiro atoms. The van der Waals surface area contributed by atoms with Crippen molar-refractivity contribution in [2.75, 3.05) is 19.6 Å². The van der Waals surface area contributed by atoms with Crippen molar-refractivity contribution in [2.24, 2.45) is 5.92 Å². The molecular weight excluding hydrogens is 354 g/mol. The van der Waals surface area contributed by atoms with Gasteiger partial charge < -0.3 is 10.2 Å². The molecule has 2 aromatic rings. The largest absolute Gasteiger partial charge is 0.348 e. The van der Waals surface area contributed by atoms with Crippen LogP contribution in [-0.2, 0) is 0 Å². The lowest BCUT2D eigenvalue weighted by atomic mass is 10.0. The summed E-state index contributed by atoms with van der Waals surface area (Å²) in [5.41, 5.74) is 2.85. The van der Waals surface area contributed by atoms with Crippen molar-refractivity contribution in [2.45, 2.75) is 51.5 Å². The normalized spacial score (nSPS) is 19.4. The molecule has 1 aliphatic carbocycles. The highest BCUT2D eigenvalue weighted by molar-refractivity contribution is 7.13. The number of likely N-dealkylation sites (tertiary alicyclic amines) is 1. The summed E-state index contributed by atoms with van der Waals surface area (Å²) in [6, 6.07) is 8.57. The fourth-order valence-corrected chi connectivity index (χ4v) is 5.09. The molecule has 4 rings (SSSR count). The molecule has 4 nitrogen and oxygen atoms in total. The Morgan fingerprint density at radius 2 is 1.85 bits per heavy atom. The molecule has 1 aromatic heterocycles. The number of rotatable bonds is 5. The third kappa shape index (κ3) is 4.77.